The van der Waals surface area contributed by atoms with Crippen LogP contribution in [0.25, 0.3) is 11.1 Å². The zero-order valence-electron chi connectivity index (χ0n) is 12.1. The lowest BCUT2D eigenvalue weighted by molar-refractivity contribution is -0.132. The molecule has 0 unspecified atom stereocenters. The largest absolute Gasteiger partial charge is 0.424 e. The summed E-state index contributed by atoms with van der Waals surface area (Å²) >= 11 is 0. The summed E-state index contributed by atoms with van der Waals surface area (Å²) in [7, 11) is 0. The highest BCUT2D eigenvalue weighted by molar-refractivity contribution is 5.83. The van der Waals surface area contributed by atoms with E-state index in [1.54, 1.807) is 0 Å². The molecule has 2 aromatic rings. The number of benzene rings is 2. The number of carbonyl (C=O) groups excluding carboxylic acids is 2. The fourth-order valence-electron chi connectivity index (χ4n) is 1.83. The highest BCUT2D eigenvalue weighted by Gasteiger charge is 2.12. The molecule has 0 aliphatic carbocycles. The van der Waals surface area contributed by atoms with Crippen molar-refractivity contribution in [1.29, 1.82) is 0 Å². The Morgan fingerprint density at radius 1 is 0.957 bits per heavy atom. The van der Waals surface area contributed by atoms with Crippen LogP contribution in [0, 0.1) is 11.6 Å². The van der Waals surface area contributed by atoms with Crippen LogP contribution in [0.3, 0.4) is 0 Å². The van der Waals surface area contributed by atoms with Crippen LogP contribution < -0.4 is 9.47 Å². The minimum Gasteiger partial charge on any atom is -0.424 e. The summed E-state index contributed by atoms with van der Waals surface area (Å²) in [5.74, 6) is -3.42. The van der Waals surface area contributed by atoms with Gasteiger partial charge in [-0.2, -0.15) is 0 Å². The number of halogens is 2. The molecule has 0 saturated heterocycles. The van der Waals surface area contributed by atoms with Crippen molar-refractivity contribution in [3.63, 3.8) is 0 Å². The first-order valence-electron chi connectivity index (χ1n) is 6.53. The number of carbonyl (C=O) groups is 2. The van der Waals surface area contributed by atoms with E-state index >= 15 is 0 Å². The molecule has 118 valence electrons. The molecule has 23 heavy (non-hydrogen) atoms. The summed E-state index contributed by atoms with van der Waals surface area (Å²) in [6.45, 7) is 4.37. The zero-order valence-corrected chi connectivity index (χ0v) is 12.1. The zero-order chi connectivity index (χ0) is 17.0. The Bertz CT molecular complexity index is 784. The Morgan fingerprint density at radius 3 is 1.83 bits per heavy atom. The monoisotopic (exact) mass is 318 g/mol. The van der Waals surface area contributed by atoms with Crippen molar-refractivity contribution in [2.75, 3.05) is 0 Å². The third-order valence-electron chi connectivity index (χ3n) is 2.83. The van der Waals surface area contributed by atoms with Crippen molar-refractivity contribution in [2.24, 2.45) is 0 Å². The molecule has 6 heteroatoms. The highest BCUT2D eigenvalue weighted by Crippen LogP contribution is 2.29. The maximum atomic E-state index is 13.9. The molecule has 0 radical (unpaired) electrons. The molecule has 0 heterocycles. The molecule has 0 spiro atoms. The molecule has 0 atom stereocenters. The predicted molar refractivity (Wildman–Crippen MR) is 78.9 cm³/mol. The smallest absolute Gasteiger partial charge is 0.335 e. The Kier molecular flexibility index (Phi) is 4.85. The lowest BCUT2D eigenvalue weighted by Crippen LogP contribution is -2.04. The molecular formula is C17H12F2O4. The van der Waals surface area contributed by atoms with Gasteiger partial charge in [0.1, 0.15) is 0 Å². The molecule has 0 bridgehead atoms. The van der Waals surface area contributed by atoms with Crippen LogP contribution in [0.1, 0.15) is 6.92 Å². The number of hydrogen-bond acceptors (Lipinski definition) is 4. The van der Waals surface area contributed by atoms with E-state index < -0.39 is 23.6 Å². The van der Waals surface area contributed by atoms with Crippen molar-refractivity contribution in [1.82, 2.24) is 0 Å². The Balaban J connectivity index is 2.30. The number of ether oxygens (including phenoxy) is 2. The van der Waals surface area contributed by atoms with Crippen LogP contribution >= 0.6 is 0 Å². The van der Waals surface area contributed by atoms with Gasteiger partial charge in [0.25, 0.3) is 0 Å². The topological polar surface area (TPSA) is 52.6 Å². The molecule has 0 N–H and O–H groups in total. The summed E-state index contributed by atoms with van der Waals surface area (Å²) in [6.07, 6.45) is 0.913. The van der Waals surface area contributed by atoms with Crippen LogP contribution in [0.5, 0.6) is 11.5 Å². The van der Waals surface area contributed by atoms with E-state index in [1.807, 2.05) is 0 Å². The van der Waals surface area contributed by atoms with Crippen LogP contribution in [-0.4, -0.2) is 11.9 Å². The van der Waals surface area contributed by atoms with Gasteiger partial charge in [0.05, 0.1) is 0 Å². The minimum absolute atomic E-state index is 0.210. The number of rotatable bonds is 4. The molecule has 0 fully saturated rings. The predicted octanol–water partition coefficient (Wildman–Crippen LogP) is 3.65. The highest BCUT2D eigenvalue weighted by atomic mass is 19.1. The van der Waals surface area contributed by atoms with Gasteiger partial charge in [0.15, 0.2) is 23.1 Å². The third-order valence-corrected chi connectivity index (χ3v) is 2.83. The summed E-state index contributed by atoms with van der Waals surface area (Å²) in [4.78, 5) is 21.9. The molecular weight excluding hydrogens is 306 g/mol. The first-order chi connectivity index (χ1) is 10.9. The second kappa shape index (κ2) is 6.83. The fraction of sp³-hybridized carbons (Fsp3) is 0.0588. The number of hydrogen-bond donors (Lipinski definition) is 0. The lowest BCUT2D eigenvalue weighted by Gasteiger charge is -2.08. The van der Waals surface area contributed by atoms with E-state index in [0.717, 1.165) is 25.1 Å². The Hall–Kier alpha value is -3.02. The SMILES string of the molecule is C=CC(=O)Oc1ccc(-c2ccc(OC(C)=O)c(F)c2)cc1F. The second-order valence-electron chi connectivity index (χ2n) is 4.51. The van der Waals surface area contributed by atoms with Crippen LogP contribution in [-0.2, 0) is 9.59 Å². The van der Waals surface area contributed by atoms with Crippen molar-refractivity contribution in [3.05, 3.63) is 60.7 Å². The van der Waals surface area contributed by atoms with Crippen molar-refractivity contribution in [3.8, 4) is 22.6 Å². The van der Waals surface area contributed by atoms with Crippen LogP contribution in [0.4, 0.5) is 8.78 Å². The van der Waals surface area contributed by atoms with Gasteiger partial charge < -0.3 is 9.47 Å². The van der Waals surface area contributed by atoms with Gasteiger partial charge in [-0.1, -0.05) is 18.7 Å². The van der Waals surface area contributed by atoms with E-state index in [-0.39, 0.29) is 11.5 Å². The average molecular weight is 318 g/mol. The molecule has 0 amide bonds. The fourth-order valence-corrected chi connectivity index (χ4v) is 1.83. The van der Waals surface area contributed by atoms with E-state index in [2.05, 4.69) is 11.3 Å². The van der Waals surface area contributed by atoms with Gasteiger partial charge in [-0.25, -0.2) is 13.6 Å². The summed E-state index contributed by atoms with van der Waals surface area (Å²) in [5, 5.41) is 0. The summed E-state index contributed by atoms with van der Waals surface area (Å²) < 4.78 is 37.1. The number of esters is 2. The molecule has 0 aliphatic heterocycles. The molecule has 0 aromatic heterocycles. The lowest BCUT2D eigenvalue weighted by atomic mass is 10.0. The molecule has 0 aliphatic rings. The van der Waals surface area contributed by atoms with E-state index in [1.165, 1.54) is 24.3 Å². The van der Waals surface area contributed by atoms with Crippen LogP contribution in [0.15, 0.2) is 49.1 Å². The van der Waals surface area contributed by atoms with Crippen molar-refractivity contribution >= 4 is 11.9 Å². The van der Waals surface area contributed by atoms with Gasteiger partial charge in [0.2, 0.25) is 0 Å². The first-order valence-corrected chi connectivity index (χ1v) is 6.53. The van der Waals surface area contributed by atoms with Gasteiger partial charge in [-0.05, 0) is 35.4 Å². The first kappa shape index (κ1) is 16.4. The van der Waals surface area contributed by atoms with E-state index in [4.69, 9.17) is 4.74 Å². The summed E-state index contributed by atoms with van der Waals surface area (Å²) in [5.41, 5.74) is 0.744. The van der Waals surface area contributed by atoms with Crippen LogP contribution in [0.2, 0.25) is 0 Å². The van der Waals surface area contributed by atoms with Gasteiger partial charge in [-0.15, -0.1) is 0 Å². The van der Waals surface area contributed by atoms with Gasteiger partial charge >= 0.3 is 11.9 Å². The van der Waals surface area contributed by atoms with Gasteiger partial charge in [0, 0.05) is 13.0 Å². The molecule has 0 saturated carbocycles. The van der Waals surface area contributed by atoms with E-state index in [9.17, 15) is 18.4 Å². The Morgan fingerprint density at radius 2 is 1.43 bits per heavy atom. The second-order valence-corrected chi connectivity index (χ2v) is 4.51. The quantitative estimate of drug-likeness (QED) is 0.490. The molecule has 4 nitrogen and oxygen atoms in total. The standard InChI is InChI=1S/C17H12F2O4/c1-3-17(21)23-16-7-5-12(9-14(16)19)11-4-6-15(13(18)8-11)22-10(2)20/h3-9H,1H2,2H3. The van der Waals surface area contributed by atoms with E-state index in [0.29, 0.717) is 11.1 Å². The maximum Gasteiger partial charge on any atom is 0.335 e. The Labute approximate surface area is 131 Å². The summed E-state index contributed by atoms with van der Waals surface area (Å²) in [6, 6.07) is 7.69. The van der Waals surface area contributed by atoms with Crippen molar-refractivity contribution < 1.29 is 27.8 Å². The molecule has 2 rings (SSSR count). The third kappa shape index (κ3) is 4.00. The van der Waals surface area contributed by atoms with Gasteiger partial charge in [-0.3, -0.25) is 4.79 Å². The van der Waals surface area contributed by atoms with Crippen molar-refractivity contribution in [2.45, 2.75) is 6.92 Å². The molecule has 2 aromatic carbocycles. The maximum absolute atomic E-state index is 13.9. The average Bonchev–Trinajstić information content (AvgIpc) is 2.50. The minimum atomic E-state index is -0.784. The normalized spacial score (nSPS) is 10.0.